The second-order valence-corrected chi connectivity index (χ2v) is 9.34. The van der Waals surface area contributed by atoms with Gasteiger partial charge in [-0.15, -0.1) is 0 Å². The van der Waals surface area contributed by atoms with E-state index in [2.05, 4.69) is 28.4 Å². The molecule has 1 N–H and O–H groups in total. The van der Waals surface area contributed by atoms with Gasteiger partial charge in [0.1, 0.15) is 0 Å². The summed E-state index contributed by atoms with van der Waals surface area (Å²) in [5.41, 5.74) is 3.73. The molecule has 2 fully saturated rings. The third-order valence-electron chi connectivity index (χ3n) is 7.40. The Morgan fingerprint density at radius 3 is 2.80 bits per heavy atom. The number of fused-ring (bicyclic) bond motifs is 1. The van der Waals surface area contributed by atoms with E-state index in [1.165, 1.54) is 10.9 Å². The van der Waals surface area contributed by atoms with Crippen LogP contribution in [0.2, 0.25) is 0 Å². The van der Waals surface area contributed by atoms with E-state index >= 15 is 0 Å². The summed E-state index contributed by atoms with van der Waals surface area (Å²) >= 11 is 0. The molecule has 1 aromatic carbocycles. The molecule has 0 unspecified atom stereocenters. The molecule has 160 valence electrons. The Balaban J connectivity index is 1.38. The Kier molecular flexibility index (Phi) is 5.15. The van der Waals surface area contributed by atoms with Gasteiger partial charge < -0.3 is 14.6 Å². The summed E-state index contributed by atoms with van der Waals surface area (Å²) in [6.07, 6.45) is 4.12. The average Bonchev–Trinajstić information content (AvgIpc) is 3.11. The molecule has 5 rings (SSSR count). The van der Waals surface area contributed by atoms with Crippen molar-refractivity contribution in [1.29, 1.82) is 0 Å². The lowest BCUT2D eigenvalue weighted by molar-refractivity contribution is -0.121. The zero-order chi connectivity index (χ0) is 20.8. The van der Waals surface area contributed by atoms with E-state index in [-0.39, 0.29) is 23.6 Å². The smallest absolute Gasteiger partial charge is 0.251 e. The number of hydrogen-bond donors (Lipinski definition) is 1. The fraction of sp³-hybridized carbons (Fsp3) is 0.583. The van der Waals surface area contributed by atoms with Crippen LogP contribution in [0.4, 0.5) is 0 Å². The first-order valence-electron chi connectivity index (χ1n) is 11.2. The number of aryl methyl sites for hydroxylation is 2. The first kappa shape index (κ1) is 19.8. The maximum atomic E-state index is 12.8. The number of hydrogen-bond acceptors (Lipinski definition) is 4. The van der Waals surface area contributed by atoms with Crippen LogP contribution < -0.4 is 10.9 Å². The minimum absolute atomic E-state index is 0.0135. The molecular formula is C24H31N3O3. The molecule has 1 aliphatic carbocycles. The number of likely N-dealkylation sites (tertiary alicyclic amines) is 1. The van der Waals surface area contributed by atoms with Gasteiger partial charge in [-0.25, -0.2) is 0 Å². The zero-order valence-corrected chi connectivity index (χ0v) is 17.9. The monoisotopic (exact) mass is 409 g/mol. The standard InChI is InChI=1S/C24H31N3O3/c1-15(28)25-21-9-17-12-26(13-18(17)10-22(21)30-2)14-19-11-23(29)27-8-4-6-16-5-3-7-20(19)24(16)27/h3,5,7,11,17-18,21-22H,4,6,8-10,12-14H2,1-2H3,(H,25,28)/t17-,18+,21-,22-/m1/s1. The van der Waals surface area contributed by atoms with Crippen molar-refractivity contribution in [1.82, 2.24) is 14.8 Å². The minimum Gasteiger partial charge on any atom is -0.379 e. The van der Waals surface area contributed by atoms with Crippen LogP contribution in [0, 0.1) is 11.8 Å². The van der Waals surface area contributed by atoms with Gasteiger partial charge in [-0.3, -0.25) is 14.5 Å². The average molecular weight is 410 g/mol. The summed E-state index contributed by atoms with van der Waals surface area (Å²) in [4.78, 5) is 26.9. The summed E-state index contributed by atoms with van der Waals surface area (Å²) in [6.45, 7) is 5.26. The van der Waals surface area contributed by atoms with Crippen molar-refractivity contribution >= 4 is 16.8 Å². The van der Waals surface area contributed by atoms with Crippen LogP contribution in [0.5, 0.6) is 0 Å². The molecule has 1 saturated carbocycles. The summed E-state index contributed by atoms with van der Waals surface area (Å²) < 4.78 is 7.67. The van der Waals surface area contributed by atoms with Gasteiger partial charge in [-0.2, -0.15) is 0 Å². The van der Waals surface area contributed by atoms with Gasteiger partial charge in [-0.05, 0) is 48.6 Å². The van der Waals surface area contributed by atoms with Crippen LogP contribution >= 0.6 is 0 Å². The number of carbonyl (C=O) groups excluding carboxylic acids is 1. The van der Waals surface area contributed by atoms with Crippen LogP contribution in [-0.4, -0.2) is 47.7 Å². The Labute approximate surface area is 177 Å². The van der Waals surface area contributed by atoms with Gasteiger partial charge in [0.25, 0.3) is 5.56 Å². The Hall–Kier alpha value is -2.18. The highest BCUT2D eigenvalue weighted by molar-refractivity contribution is 5.86. The Bertz CT molecular complexity index is 1030. The second-order valence-electron chi connectivity index (χ2n) is 9.34. The van der Waals surface area contributed by atoms with Crippen LogP contribution in [-0.2, 0) is 29.0 Å². The Morgan fingerprint density at radius 2 is 2.03 bits per heavy atom. The Morgan fingerprint density at radius 1 is 1.23 bits per heavy atom. The lowest BCUT2D eigenvalue weighted by Crippen LogP contribution is -2.49. The molecule has 6 heteroatoms. The number of ether oxygens (including phenoxy) is 1. The minimum atomic E-state index is 0.0135. The molecule has 2 aliphatic heterocycles. The summed E-state index contributed by atoms with van der Waals surface area (Å²) in [7, 11) is 1.75. The maximum absolute atomic E-state index is 12.8. The molecule has 6 nitrogen and oxygen atoms in total. The van der Waals surface area contributed by atoms with Crippen molar-refractivity contribution < 1.29 is 9.53 Å². The molecule has 0 spiro atoms. The van der Waals surface area contributed by atoms with Gasteiger partial charge in [0.2, 0.25) is 5.91 Å². The number of rotatable bonds is 4. The van der Waals surface area contributed by atoms with E-state index in [0.717, 1.165) is 62.9 Å². The van der Waals surface area contributed by atoms with Gasteiger partial charge in [-0.1, -0.05) is 18.2 Å². The fourth-order valence-electron chi connectivity index (χ4n) is 6.12. The topological polar surface area (TPSA) is 63.6 Å². The third-order valence-corrected chi connectivity index (χ3v) is 7.40. The lowest BCUT2D eigenvalue weighted by Gasteiger charge is -2.37. The molecule has 4 atom stereocenters. The number of methoxy groups -OCH3 is 1. The molecule has 0 bridgehead atoms. The highest BCUT2D eigenvalue weighted by Gasteiger charge is 2.42. The highest BCUT2D eigenvalue weighted by Crippen LogP contribution is 2.38. The molecule has 3 aliphatic rings. The predicted molar refractivity (Wildman–Crippen MR) is 116 cm³/mol. The molecular weight excluding hydrogens is 378 g/mol. The fourth-order valence-corrected chi connectivity index (χ4v) is 6.12. The van der Waals surface area contributed by atoms with Crippen LogP contribution in [0.3, 0.4) is 0 Å². The highest BCUT2D eigenvalue weighted by atomic mass is 16.5. The summed E-state index contributed by atoms with van der Waals surface area (Å²) in [5, 5.41) is 4.32. The first-order valence-corrected chi connectivity index (χ1v) is 11.2. The molecule has 3 heterocycles. The molecule has 1 aromatic heterocycles. The predicted octanol–water partition coefficient (Wildman–Crippen LogP) is 2.31. The molecule has 0 radical (unpaired) electrons. The number of pyridine rings is 1. The molecule has 2 aromatic rings. The van der Waals surface area contributed by atoms with E-state index in [1.54, 1.807) is 14.0 Å². The van der Waals surface area contributed by atoms with Crippen molar-refractivity contribution in [2.24, 2.45) is 11.8 Å². The number of benzene rings is 1. The lowest BCUT2D eigenvalue weighted by atomic mass is 9.77. The second kappa shape index (κ2) is 7.82. The van der Waals surface area contributed by atoms with E-state index in [9.17, 15) is 9.59 Å². The number of para-hydroxylation sites is 1. The van der Waals surface area contributed by atoms with E-state index in [4.69, 9.17) is 4.74 Å². The van der Waals surface area contributed by atoms with Crippen LogP contribution in [0.15, 0.2) is 29.1 Å². The van der Waals surface area contributed by atoms with Crippen molar-refractivity contribution in [3.05, 3.63) is 45.7 Å². The number of nitrogens with one attached hydrogen (secondary N) is 1. The molecule has 1 amide bonds. The SMILES string of the molecule is CO[C@@H]1C[C@H]2CN(Cc3cc(=O)n4c5c(cccc35)CCC4)C[C@H]2C[C@H]1NC(C)=O. The van der Waals surface area contributed by atoms with Crippen molar-refractivity contribution in [3.63, 3.8) is 0 Å². The summed E-state index contributed by atoms with van der Waals surface area (Å²) in [6, 6.07) is 8.42. The van der Waals surface area contributed by atoms with Crippen molar-refractivity contribution in [3.8, 4) is 0 Å². The largest absolute Gasteiger partial charge is 0.379 e. The van der Waals surface area contributed by atoms with Gasteiger partial charge in [0, 0.05) is 51.7 Å². The van der Waals surface area contributed by atoms with E-state index in [1.807, 2.05) is 10.6 Å². The van der Waals surface area contributed by atoms with Crippen molar-refractivity contribution in [2.75, 3.05) is 20.2 Å². The van der Waals surface area contributed by atoms with Crippen LogP contribution in [0.1, 0.15) is 37.3 Å². The number of carbonyl (C=O) groups is 1. The number of aromatic nitrogens is 1. The zero-order valence-electron chi connectivity index (χ0n) is 17.9. The normalized spacial score (nSPS) is 28.5. The number of nitrogens with zero attached hydrogens (tertiary/aromatic N) is 2. The summed E-state index contributed by atoms with van der Waals surface area (Å²) in [5.74, 6) is 1.16. The third kappa shape index (κ3) is 3.46. The van der Waals surface area contributed by atoms with Gasteiger partial charge in [0.15, 0.2) is 0 Å². The quantitative estimate of drug-likeness (QED) is 0.842. The maximum Gasteiger partial charge on any atom is 0.251 e. The van der Waals surface area contributed by atoms with Crippen molar-refractivity contribution in [2.45, 2.75) is 57.8 Å². The molecule has 1 saturated heterocycles. The molecule has 30 heavy (non-hydrogen) atoms. The number of amides is 1. The van der Waals surface area contributed by atoms with E-state index < -0.39 is 0 Å². The van der Waals surface area contributed by atoms with Gasteiger partial charge >= 0.3 is 0 Å². The van der Waals surface area contributed by atoms with Gasteiger partial charge in [0.05, 0.1) is 17.7 Å². The van der Waals surface area contributed by atoms with E-state index in [0.29, 0.717) is 11.8 Å². The van der Waals surface area contributed by atoms with Crippen LogP contribution in [0.25, 0.3) is 10.9 Å². The first-order chi connectivity index (χ1) is 14.5.